The second kappa shape index (κ2) is 5.35. The van der Waals surface area contributed by atoms with E-state index in [0.29, 0.717) is 5.92 Å². The molecule has 0 aliphatic rings. The van der Waals surface area contributed by atoms with Crippen molar-refractivity contribution in [3.8, 4) is 0 Å². The minimum absolute atomic E-state index is 0.667. The normalized spacial score (nSPS) is 13.1. The molecule has 3 heteroatoms. The van der Waals surface area contributed by atoms with E-state index in [1.807, 2.05) is 12.3 Å². The van der Waals surface area contributed by atoms with Crippen molar-refractivity contribution in [3.63, 3.8) is 0 Å². The molecule has 1 heterocycles. The van der Waals surface area contributed by atoms with Crippen LogP contribution in [0.4, 0.5) is 0 Å². The van der Waals surface area contributed by atoms with E-state index in [9.17, 15) is 0 Å². The standard InChI is InChI=1S/C13H17ClN2/c1-11(6-8-14)7-9-16-13-5-3-2-4-12(13)10-15-16/h2-5,10-11H,6-9H2,1H3. The van der Waals surface area contributed by atoms with Gasteiger partial charge in [-0.1, -0.05) is 25.1 Å². The van der Waals surface area contributed by atoms with E-state index in [4.69, 9.17) is 11.6 Å². The maximum atomic E-state index is 5.73. The summed E-state index contributed by atoms with van der Waals surface area (Å²) in [6.07, 6.45) is 4.15. The fraction of sp³-hybridized carbons (Fsp3) is 0.462. The molecule has 0 saturated carbocycles. The smallest absolute Gasteiger partial charge is 0.0682 e. The molecule has 1 aromatic carbocycles. The molecule has 86 valence electrons. The van der Waals surface area contributed by atoms with Crippen molar-refractivity contribution in [2.24, 2.45) is 5.92 Å². The van der Waals surface area contributed by atoms with Gasteiger partial charge in [-0.25, -0.2) is 0 Å². The van der Waals surface area contributed by atoms with Crippen molar-refractivity contribution < 1.29 is 0 Å². The number of rotatable bonds is 5. The van der Waals surface area contributed by atoms with Gasteiger partial charge in [-0.3, -0.25) is 4.68 Å². The number of aromatic nitrogens is 2. The van der Waals surface area contributed by atoms with E-state index < -0.39 is 0 Å². The topological polar surface area (TPSA) is 17.8 Å². The third kappa shape index (κ3) is 2.56. The Morgan fingerprint density at radius 1 is 1.31 bits per heavy atom. The van der Waals surface area contributed by atoms with Crippen LogP contribution >= 0.6 is 11.6 Å². The highest BCUT2D eigenvalue weighted by Gasteiger charge is 2.04. The van der Waals surface area contributed by atoms with Gasteiger partial charge < -0.3 is 0 Å². The number of benzene rings is 1. The predicted octanol–water partition coefficient (Wildman–Crippen LogP) is 3.69. The predicted molar refractivity (Wildman–Crippen MR) is 68.9 cm³/mol. The lowest BCUT2D eigenvalue weighted by Gasteiger charge is -2.09. The zero-order valence-corrected chi connectivity index (χ0v) is 10.3. The summed E-state index contributed by atoms with van der Waals surface area (Å²) < 4.78 is 2.08. The van der Waals surface area contributed by atoms with E-state index in [2.05, 4.69) is 34.9 Å². The molecule has 0 saturated heterocycles. The molecule has 0 amide bonds. The van der Waals surface area contributed by atoms with Crippen molar-refractivity contribution in [3.05, 3.63) is 30.5 Å². The van der Waals surface area contributed by atoms with Crippen LogP contribution in [0.3, 0.4) is 0 Å². The molecule has 1 unspecified atom stereocenters. The molecule has 1 atom stereocenters. The van der Waals surface area contributed by atoms with Crippen LogP contribution in [0, 0.1) is 5.92 Å². The molecule has 0 aliphatic heterocycles. The molecule has 2 nitrogen and oxygen atoms in total. The lowest BCUT2D eigenvalue weighted by molar-refractivity contribution is 0.457. The third-order valence-corrected chi connectivity index (χ3v) is 3.20. The monoisotopic (exact) mass is 236 g/mol. The van der Waals surface area contributed by atoms with Crippen LogP contribution in [-0.4, -0.2) is 15.7 Å². The summed E-state index contributed by atoms with van der Waals surface area (Å²) in [6.45, 7) is 3.22. The molecule has 2 aromatic rings. The van der Waals surface area contributed by atoms with Gasteiger partial charge in [-0.05, 0) is 24.8 Å². The van der Waals surface area contributed by atoms with Crippen molar-refractivity contribution >= 4 is 22.5 Å². The Hall–Kier alpha value is -1.02. The molecule has 0 aliphatic carbocycles. The second-order valence-electron chi connectivity index (χ2n) is 4.30. The van der Waals surface area contributed by atoms with Crippen molar-refractivity contribution in [2.45, 2.75) is 26.3 Å². The molecule has 1 aromatic heterocycles. The van der Waals surface area contributed by atoms with Crippen LogP contribution in [-0.2, 0) is 6.54 Å². The van der Waals surface area contributed by atoms with Gasteiger partial charge in [0.2, 0.25) is 0 Å². The summed E-state index contributed by atoms with van der Waals surface area (Å²) in [4.78, 5) is 0. The lowest BCUT2D eigenvalue weighted by atomic mass is 10.1. The Labute approximate surface area is 101 Å². The van der Waals surface area contributed by atoms with E-state index in [-0.39, 0.29) is 0 Å². The highest BCUT2D eigenvalue weighted by Crippen LogP contribution is 2.15. The first-order valence-corrected chi connectivity index (χ1v) is 6.31. The molecule has 0 bridgehead atoms. The summed E-state index contributed by atoms with van der Waals surface area (Å²) in [5.74, 6) is 1.42. The number of halogens is 1. The molecular formula is C13H17ClN2. The SMILES string of the molecule is CC(CCCl)CCn1ncc2ccccc21. The van der Waals surface area contributed by atoms with Crippen molar-refractivity contribution in [1.29, 1.82) is 0 Å². The molecule has 2 rings (SSSR count). The average molecular weight is 237 g/mol. The number of alkyl halides is 1. The molecule has 0 fully saturated rings. The second-order valence-corrected chi connectivity index (χ2v) is 4.68. The Bertz CT molecular complexity index is 450. The van der Waals surface area contributed by atoms with Crippen LogP contribution in [0.5, 0.6) is 0 Å². The first-order valence-electron chi connectivity index (χ1n) is 5.78. The molecular weight excluding hydrogens is 220 g/mol. The van der Waals surface area contributed by atoms with Gasteiger partial charge in [0.05, 0.1) is 11.7 Å². The van der Waals surface area contributed by atoms with Crippen molar-refractivity contribution in [1.82, 2.24) is 9.78 Å². The summed E-state index contributed by atoms with van der Waals surface area (Å²) in [7, 11) is 0. The first kappa shape index (κ1) is 11.5. The Morgan fingerprint density at radius 3 is 2.94 bits per heavy atom. The number of aryl methyl sites for hydroxylation is 1. The largest absolute Gasteiger partial charge is 0.265 e. The minimum Gasteiger partial charge on any atom is -0.265 e. The zero-order chi connectivity index (χ0) is 11.4. The fourth-order valence-corrected chi connectivity index (χ4v) is 2.25. The molecule has 0 radical (unpaired) electrons. The van der Waals surface area contributed by atoms with E-state index in [1.165, 1.54) is 10.9 Å². The fourth-order valence-electron chi connectivity index (χ4n) is 1.88. The Balaban J connectivity index is 2.04. The molecule has 0 N–H and O–H groups in total. The summed E-state index contributed by atoms with van der Waals surface area (Å²) in [6, 6.07) is 8.32. The Morgan fingerprint density at radius 2 is 2.12 bits per heavy atom. The third-order valence-electron chi connectivity index (χ3n) is 2.99. The molecule has 0 spiro atoms. The summed E-state index contributed by atoms with van der Waals surface area (Å²) in [5, 5.41) is 5.63. The lowest BCUT2D eigenvalue weighted by Crippen LogP contribution is -2.05. The summed E-state index contributed by atoms with van der Waals surface area (Å²) >= 11 is 5.73. The van der Waals surface area contributed by atoms with Gasteiger partial charge in [0, 0.05) is 17.8 Å². The van der Waals surface area contributed by atoms with E-state index >= 15 is 0 Å². The van der Waals surface area contributed by atoms with Crippen LogP contribution in [0.15, 0.2) is 30.5 Å². The number of hydrogen-bond acceptors (Lipinski definition) is 1. The van der Waals surface area contributed by atoms with Gasteiger partial charge in [0.1, 0.15) is 0 Å². The highest BCUT2D eigenvalue weighted by atomic mass is 35.5. The number of para-hydroxylation sites is 1. The van der Waals surface area contributed by atoms with Crippen LogP contribution < -0.4 is 0 Å². The minimum atomic E-state index is 0.667. The number of fused-ring (bicyclic) bond motifs is 1. The first-order chi connectivity index (χ1) is 7.81. The van der Waals surface area contributed by atoms with Gasteiger partial charge in [-0.15, -0.1) is 11.6 Å². The maximum Gasteiger partial charge on any atom is 0.0682 e. The van der Waals surface area contributed by atoms with Crippen molar-refractivity contribution in [2.75, 3.05) is 5.88 Å². The number of nitrogens with zero attached hydrogens (tertiary/aromatic N) is 2. The van der Waals surface area contributed by atoms with Gasteiger partial charge in [0.25, 0.3) is 0 Å². The Kier molecular flexibility index (Phi) is 3.83. The average Bonchev–Trinajstić information content (AvgIpc) is 2.70. The van der Waals surface area contributed by atoms with Gasteiger partial charge in [-0.2, -0.15) is 5.10 Å². The van der Waals surface area contributed by atoms with E-state index in [0.717, 1.165) is 25.3 Å². The van der Waals surface area contributed by atoms with Gasteiger partial charge >= 0.3 is 0 Å². The quantitative estimate of drug-likeness (QED) is 0.724. The van der Waals surface area contributed by atoms with Gasteiger partial charge in [0.15, 0.2) is 0 Å². The van der Waals surface area contributed by atoms with Crippen LogP contribution in [0.1, 0.15) is 19.8 Å². The summed E-state index contributed by atoms with van der Waals surface area (Å²) in [5.41, 5.74) is 1.22. The van der Waals surface area contributed by atoms with Crippen LogP contribution in [0.2, 0.25) is 0 Å². The highest BCUT2D eigenvalue weighted by molar-refractivity contribution is 6.17. The van der Waals surface area contributed by atoms with Crippen LogP contribution in [0.25, 0.3) is 10.9 Å². The molecule has 16 heavy (non-hydrogen) atoms. The van der Waals surface area contributed by atoms with E-state index in [1.54, 1.807) is 0 Å². The maximum absolute atomic E-state index is 5.73. The zero-order valence-electron chi connectivity index (χ0n) is 9.56. The number of hydrogen-bond donors (Lipinski definition) is 0.